The van der Waals surface area contributed by atoms with Crippen molar-refractivity contribution in [3.63, 3.8) is 0 Å². The van der Waals surface area contributed by atoms with Crippen molar-refractivity contribution in [2.24, 2.45) is 5.92 Å². The zero-order valence-electron chi connectivity index (χ0n) is 25.2. The number of nitrogens with zero attached hydrogens (tertiary/aromatic N) is 2. The van der Waals surface area contributed by atoms with Gasteiger partial charge in [0.05, 0.1) is 10.6 Å². The molecule has 0 saturated heterocycles. The zero-order chi connectivity index (χ0) is 31.7. The van der Waals surface area contributed by atoms with E-state index in [0.717, 1.165) is 15.4 Å². The first-order valence-electron chi connectivity index (χ1n) is 14.6. The molecule has 1 N–H and O–H groups in total. The molecular formula is C35H38ClN3O4S. The number of anilines is 1. The maximum atomic E-state index is 14.5. The Labute approximate surface area is 265 Å². The first kappa shape index (κ1) is 32.8. The van der Waals surface area contributed by atoms with Gasteiger partial charge >= 0.3 is 0 Å². The number of carbonyl (C=O) groups excluding carboxylic acids is 2. The molecule has 0 aliphatic carbocycles. The number of halogens is 1. The van der Waals surface area contributed by atoms with Crippen molar-refractivity contribution < 1.29 is 18.0 Å². The molecule has 230 valence electrons. The lowest BCUT2D eigenvalue weighted by atomic mass is 10.0. The van der Waals surface area contributed by atoms with Crippen molar-refractivity contribution in [3.05, 3.63) is 131 Å². The number of hydrogen-bond acceptors (Lipinski definition) is 4. The summed E-state index contributed by atoms with van der Waals surface area (Å²) >= 11 is 6.43. The molecule has 0 spiro atoms. The van der Waals surface area contributed by atoms with Crippen LogP contribution in [0.2, 0.25) is 5.02 Å². The van der Waals surface area contributed by atoms with Gasteiger partial charge in [0, 0.05) is 24.5 Å². The molecule has 0 unspecified atom stereocenters. The van der Waals surface area contributed by atoms with Crippen molar-refractivity contribution in [2.75, 3.05) is 17.4 Å². The molecule has 4 aromatic carbocycles. The van der Waals surface area contributed by atoms with Crippen molar-refractivity contribution in [1.82, 2.24) is 10.2 Å². The van der Waals surface area contributed by atoms with Crippen LogP contribution in [-0.4, -0.2) is 44.3 Å². The molecule has 0 radical (unpaired) electrons. The monoisotopic (exact) mass is 631 g/mol. The summed E-state index contributed by atoms with van der Waals surface area (Å²) in [5, 5.41) is 3.37. The zero-order valence-corrected chi connectivity index (χ0v) is 26.8. The molecule has 0 aromatic heterocycles. The Morgan fingerprint density at radius 1 is 0.795 bits per heavy atom. The van der Waals surface area contributed by atoms with E-state index in [1.54, 1.807) is 43.3 Å². The molecule has 0 fully saturated rings. The number of hydrogen-bond donors (Lipinski definition) is 1. The van der Waals surface area contributed by atoms with Crippen LogP contribution in [0.3, 0.4) is 0 Å². The summed E-state index contributed by atoms with van der Waals surface area (Å²) in [4.78, 5) is 29.8. The molecule has 4 rings (SSSR count). The van der Waals surface area contributed by atoms with Gasteiger partial charge in [-0.15, -0.1) is 0 Å². The second kappa shape index (κ2) is 15.0. The summed E-state index contributed by atoms with van der Waals surface area (Å²) in [6.45, 7) is 5.73. The summed E-state index contributed by atoms with van der Waals surface area (Å²) in [6, 6.07) is 30.9. The Balaban J connectivity index is 1.81. The van der Waals surface area contributed by atoms with Crippen LogP contribution >= 0.6 is 11.6 Å². The highest BCUT2D eigenvalue weighted by Crippen LogP contribution is 2.31. The first-order valence-corrected chi connectivity index (χ1v) is 16.4. The molecule has 44 heavy (non-hydrogen) atoms. The smallest absolute Gasteiger partial charge is 0.264 e. The summed E-state index contributed by atoms with van der Waals surface area (Å²) in [6.07, 6.45) is 0.255. The predicted molar refractivity (Wildman–Crippen MR) is 176 cm³/mol. The van der Waals surface area contributed by atoms with Crippen molar-refractivity contribution in [3.8, 4) is 0 Å². The summed E-state index contributed by atoms with van der Waals surface area (Å²) in [5.74, 6) is -0.622. The molecule has 2 amide bonds. The summed E-state index contributed by atoms with van der Waals surface area (Å²) in [5.41, 5.74) is 2.50. The van der Waals surface area contributed by atoms with Crippen molar-refractivity contribution >= 4 is 39.1 Å². The molecule has 0 aliphatic rings. The van der Waals surface area contributed by atoms with Gasteiger partial charge in [-0.3, -0.25) is 13.9 Å². The number of benzene rings is 4. The van der Waals surface area contributed by atoms with Gasteiger partial charge in [-0.25, -0.2) is 8.42 Å². The molecule has 0 saturated carbocycles. The summed E-state index contributed by atoms with van der Waals surface area (Å²) < 4.78 is 29.3. The minimum absolute atomic E-state index is 0.0392. The Kier molecular flexibility index (Phi) is 11.2. The lowest BCUT2D eigenvalue weighted by Crippen LogP contribution is -2.53. The SMILES string of the molecule is Cc1c(Cl)cccc1N(CC(=O)N(Cc1ccccc1)[C@H](Cc1ccccc1)C(=O)NCC(C)C)S(=O)(=O)c1ccccc1. The minimum atomic E-state index is -4.19. The van der Waals surface area contributed by atoms with Crippen LogP contribution in [0.5, 0.6) is 0 Å². The average molecular weight is 632 g/mol. The Morgan fingerprint density at radius 2 is 1.36 bits per heavy atom. The maximum absolute atomic E-state index is 14.5. The van der Waals surface area contributed by atoms with Crippen LogP contribution in [0.4, 0.5) is 5.69 Å². The molecule has 1 atom stereocenters. The van der Waals surface area contributed by atoms with E-state index >= 15 is 0 Å². The first-order chi connectivity index (χ1) is 21.1. The fourth-order valence-corrected chi connectivity index (χ4v) is 6.52. The second-order valence-corrected chi connectivity index (χ2v) is 13.3. The van der Waals surface area contributed by atoms with Crippen LogP contribution in [0.15, 0.2) is 114 Å². The molecule has 0 heterocycles. The fourth-order valence-electron chi connectivity index (χ4n) is 4.86. The third-order valence-electron chi connectivity index (χ3n) is 7.27. The van der Waals surface area contributed by atoms with Crippen molar-refractivity contribution in [2.45, 2.75) is 44.7 Å². The molecule has 4 aromatic rings. The van der Waals surface area contributed by atoms with Gasteiger partial charge in [0.1, 0.15) is 12.6 Å². The second-order valence-electron chi connectivity index (χ2n) is 11.1. The fraction of sp³-hybridized carbons (Fsp3) is 0.257. The van der Waals surface area contributed by atoms with E-state index in [9.17, 15) is 18.0 Å². The lowest BCUT2D eigenvalue weighted by Gasteiger charge is -2.34. The van der Waals surface area contributed by atoms with E-state index in [1.165, 1.54) is 17.0 Å². The Bertz CT molecular complexity index is 1650. The topological polar surface area (TPSA) is 86.8 Å². The van der Waals surface area contributed by atoms with Crippen LogP contribution in [0.1, 0.15) is 30.5 Å². The van der Waals surface area contributed by atoms with E-state index in [4.69, 9.17) is 11.6 Å². The van der Waals surface area contributed by atoms with E-state index in [-0.39, 0.29) is 29.7 Å². The quantitative estimate of drug-likeness (QED) is 0.189. The molecule has 0 aliphatic heterocycles. The molecule has 9 heteroatoms. The van der Waals surface area contributed by atoms with Crippen LogP contribution in [-0.2, 0) is 32.6 Å². The minimum Gasteiger partial charge on any atom is -0.354 e. The van der Waals surface area contributed by atoms with Crippen LogP contribution in [0, 0.1) is 12.8 Å². The highest BCUT2D eigenvalue weighted by Gasteiger charge is 2.35. The van der Waals surface area contributed by atoms with Gasteiger partial charge in [-0.05, 0) is 53.8 Å². The number of amides is 2. The third-order valence-corrected chi connectivity index (χ3v) is 9.45. The van der Waals surface area contributed by atoms with E-state index in [0.29, 0.717) is 22.8 Å². The lowest BCUT2D eigenvalue weighted by molar-refractivity contribution is -0.140. The van der Waals surface area contributed by atoms with Gasteiger partial charge in [0.2, 0.25) is 11.8 Å². The standard InChI is InChI=1S/C35H38ClN3O4S/c1-26(2)23-37-35(41)33(22-28-14-7-4-8-15-28)38(24-29-16-9-5-10-17-29)34(40)25-39(32-21-13-20-31(36)27(32)3)44(42,43)30-18-11-6-12-19-30/h4-21,26,33H,22-25H2,1-3H3,(H,37,41)/t33-/m1/s1. The number of carbonyl (C=O) groups is 2. The Morgan fingerprint density at radius 3 is 1.95 bits per heavy atom. The number of sulfonamides is 1. The third kappa shape index (κ3) is 8.27. The Hall–Kier alpha value is -4.14. The molecule has 7 nitrogen and oxygen atoms in total. The largest absolute Gasteiger partial charge is 0.354 e. The van der Waals surface area contributed by atoms with Gasteiger partial charge in [-0.1, -0.05) is 110 Å². The van der Waals surface area contributed by atoms with Crippen molar-refractivity contribution in [1.29, 1.82) is 0 Å². The maximum Gasteiger partial charge on any atom is 0.264 e. The van der Waals surface area contributed by atoms with Gasteiger partial charge < -0.3 is 10.2 Å². The molecule has 0 bridgehead atoms. The van der Waals surface area contributed by atoms with Gasteiger partial charge in [0.15, 0.2) is 0 Å². The summed E-state index contributed by atoms with van der Waals surface area (Å²) in [7, 11) is -4.19. The average Bonchev–Trinajstić information content (AvgIpc) is 3.03. The van der Waals surface area contributed by atoms with E-state index < -0.39 is 28.5 Å². The highest BCUT2D eigenvalue weighted by molar-refractivity contribution is 7.92. The number of nitrogens with one attached hydrogen (secondary N) is 1. The molecular weight excluding hydrogens is 594 g/mol. The van der Waals surface area contributed by atoms with Gasteiger partial charge in [-0.2, -0.15) is 0 Å². The van der Waals surface area contributed by atoms with Crippen LogP contribution in [0.25, 0.3) is 0 Å². The normalized spacial score (nSPS) is 12.0. The van der Waals surface area contributed by atoms with E-state index in [2.05, 4.69) is 5.32 Å². The van der Waals surface area contributed by atoms with Gasteiger partial charge in [0.25, 0.3) is 10.0 Å². The predicted octanol–water partition coefficient (Wildman–Crippen LogP) is 6.26. The number of rotatable bonds is 13. The van der Waals surface area contributed by atoms with Crippen LogP contribution < -0.4 is 9.62 Å². The highest BCUT2D eigenvalue weighted by atomic mass is 35.5. The van der Waals surface area contributed by atoms with E-state index in [1.807, 2.05) is 74.5 Å².